The third kappa shape index (κ3) is 58.5. The Morgan fingerprint density at radius 1 is 0.762 bits per heavy atom. The van der Waals surface area contributed by atoms with Crippen molar-refractivity contribution in [1.82, 2.24) is 0 Å². The van der Waals surface area contributed by atoms with E-state index in [2.05, 4.69) is 3.50 Å². The topological polar surface area (TPSA) is 72.0 Å². The van der Waals surface area contributed by atoms with Crippen LogP contribution in [0.3, 0.4) is 0 Å². The van der Waals surface area contributed by atoms with Crippen molar-refractivity contribution in [1.29, 1.82) is 0 Å². The minimum Gasteiger partial charge on any atom is 0 e. The van der Waals surface area contributed by atoms with Crippen molar-refractivity contribution < 1.29 is 299 Å². The number of carbonyl (C=O) groups excluding carboxylic acids is 1. The number of hydrogen-bond acceptors (Lipinski definition) is 2. The number of amides is 1. The average Bonchev–Trinajstić information content (AvgIpc) is 2.05. The maximum absolute atomic E-state index is 10.6. The fourth-order valence-electron chi connectivity index (χ4n) is 0.133. The van der Waals surface area contributed by atoms with Gasteiger partial charge in [-0.05, 0) is 0 Å². The van der Waals surface area contributed by atoms with E-state index in [1.165, 1.54) is 0 Å². The van der Waals surface area contributed by atoms with Crippen LogP contribution in [0.2, 0.25) is 0 Å². The molecule has 0 aromatic heterocycles. The largest absolute Gasteiger partial charge is 0 e. The van der Waals surface area contributed by atoms with Gasteiger partial charge >= 0.3 is 109 Å². The first-order valence-corrected chi connectivity index (χ1v) is 7.48. The van der Waals surface area contributed by atoms with Gasteiger partial charge in [0.25, 0.3) is 0 Å². The van der Waals surface area contributed by atoms with Crippen LogP contribution in [0, 0.1) is 0 Å². The first kappa shape index (κ1) is 78.2. The van der Waals surface area contributed by atoms with Crippen LogP contribution in [0.15, 0.2) is 3.50 Å². The van der Waals surface area contributed by atoms with Gasteiger partial charge in [0.05, 0.1) is 0 Å². The third-order valence-corrected chi connectivity index (χ3v) is 5.14. The Morgan fingerprint density at radius 3 is 1.00 bits per heavy atom. The van der Waals surface area contributed by atoms with E-state index < -0.39 is 0 Å². The molecule has 0 aliphatic heterocycles. The van der Waals surface area contributed by atoms with Gasteiger partial charge in [-0.3, -0.25) is 0 Å². The fraction of sp³-hybridized carbons (Fsp3) is 0. The Hall–Kier alpha value is 8.61. The van der Waals surface area contributed by atoms with Crippen LogP contribution in [0.5, 0.6) is 0 Å². The van der Waals surface area contributed by atoms with Crippen LogP contribution in [0.4, 0.5) is 0 Å². The summed E-state index contributed by atoms with van der Waals surface area (Å²) in [6, 6.07) is 0. The van der Waals surface area contributed by atoms with Crippen molar-refractivity contribution in [2.24, 2.45) is 3.50 Å². The first-order chi connectivity index (χ1) is 5.09. The normalized spacial score (nSPS) is 3.67. The zero-order valence-electron chi connectivity index (χ0n) is 8.97. The second-order valence-electron chi connectivity index (χ2n) is 1.03. The smallest absolute Gasteiger partial charge is 0 e. The van der Waals surface area contributed by atoms with Crippen molar-refractivity contribution in [2.45, 2.75) is 0 Å². The second kappa shape index (κ2) is 63.0. The minimum absolute atomic E-state index is 0. The summed E-state index contributed by atoms with van der Waals surface area (Å²) >= 11 is 3.36. The van der Waals surface area contributed by atoms with Gasteiger partial charge in [-0.15, -0.1) is 0 Å². The molecule has 0 aromatic rings. The quantitative estimate of drug-likeness (QED) is 0.397. The van der Waals surface area contributed by atoms with E-state index in [0.717, 1.165) is 58.3 Å². The van der Waals surface area contributed by atoms with Gasteiger partial charge in [-0.2, -0.15) is 0 Å². The molecule has 21 heavy (non-hydrogen) atoms. The SMILES string of the molecule is O=C([N]=[W])[C](=[W])[C](O)=[W].[N-]=[W].[W].[W].[W].[W].[W].[W].[W].[W].[W].[W]. The number of carbonyl (C=O) groups is 1. The van der Waals surface area contributed by atoms with Gasteiger partial charge in [0.1, 0.15) is 0 Å². The summed E-state index contributed by atoms with van der Waals surface area (Å²) in [5.74, 6) is -0.271. The Labute approximate surface area is 312 Å². The van der Waals surface area contributed by atoms with E-state index in [9.17, 15) is 4.79 Å². The summed E-state index contributed by atoms with van der Waals surface area (Å²) in [6.07, 6.45) is 0. The molecule has 0 heterocycles. The number of aliphatic hydroxyl groups excluding tert-OH is 1. The molecule has 4 nitrogen and oxygen atoms in total. The molecule has 0 saturated carbocycles. The molecule has 0 aliphatic carbocycles. The third-order valence-electron chi connectivity index (χ3n) is 0.471. The molecule has 18 heteroatoms. The summed E-state index contributed by atoms with van der Waals surface area (Å²) in [4.78, 5) is 10.6. The Bertz CT molecular complexity index is 212. The van der Waals surface area contributed by atoms with Crippen molar-refractivity contribution in [3.63, 3.8) is 0 Å². The maximum atomic E-state index is 10.6. The molecule has 0 aromatic carbocycles. The van der Waals surface area contributed by atoms with E-state index in [0.29, 0.717) is 23.5 Å². The van der Waals surface area contributed by atoms with Gasteiger partial charge in [0, 0.05) is 211 Å². The summed E-state index contributed by atoms with van der Waals surface area (Å²) in [5, 5.41) is 8.79. The molecule has 0 unspecified atom stereocenters. The van der Waals surface area contributed by atoms with E-state index in [4.69, 9.17) is 9.02 Å². The molecular formula is C3HN2O2W14-. The molecule has 0 aliphatic rings. The van der Waals surface area contributed by atoms with Crippen molar-refractivity contribution in [2.75, 3.05) is 0 Å². The fourth-order valence-corrected chi connectivity index (χ4v) is 1.84. The van der Waals surface area contributed by atoms with Crippen LogP contribution in [-0.2, 0) is 293 Å². The average molecular weight is 2670 g/mol. The molecule has 0 bridgehead atoms. The summed E-state index contributed by atoms with van der Waals surface area (Å²) < 4.78 is 11.2. The zero-order valence-corrected chi connectivity index (χ0v) is 50.0. The predicted octanol–water partition coefficient (Wildman–Crippen LogP) is -0.727. The van der Waals surface area contributed by atoms with Crippen LogP contribution < -0.4 is 0 Å². The standard InChI is InChI=1S/C3HNO2.N.14W/c4-3(6)1-2-5;;;;;;;;;;;;;;;/h5H;;;;;;;;;;;;;;;/q;-1;;;;;;;;;;;;;;. The van der Waals surface area contributed by atoms with E-state index in [1.54, 1.807) is 0 Å². The van der Waals surface area contributed by atoms with Crippen LogP contribution in [0.1, 0.15) is 0 Å². The summed E-state index contributed by atoms with van der Waals surface area (Å²) in [7, 11) is 0. The van der Waals surface area contributed by atoms with Gasteiger partial charge in [0.2, 0.25) is 0 Å². The summed E-state index contributed by atoms with van der Waals surface area (Å²) in [5.41, 5.74) is 0. The molecule has 1 amide bonds. The van der Waals surface area contributed by atoms with E-state index >= 15 is 0 Å². The van der Waals surface area contributed by atoms with Crippen molar-refractivity contribution in [3.05, 3.63) is 3.91 Å². The molecular weight excluding hydrogens is 2670 g/mol. The first-order valence-electron chi connectivity index (χ1n) is 1.92. The monoisotopic (exact) mass is 2670 g/mol. The number of hydrogen-bond donors (Lipinski definition) is 1. The Morgan fingerprint density at radius 2 is 0.952 bits per heavy atom. The molecule has 0 atom stereocenters. The van der Waals surface area contributed by atoms with Crippen molar-refractivity contribution in [3.8, 4) is 0 Å². The van der Waals surface area contributed by atoms with Crippen LogP contribution >= 0.6 is 0 Å². The Balaban J connectivity index is -0.00000000647. The molecule has 0 rings (SSSR count). The van der Waals surface area contributed by atoms with Crippen LogP contribution in [0.25, 0.3) is 3.91 Å². The van der Waals surface area contributed by atoms with E-state index in [-0.39, 0.29) is 221 Å². The Kier molecular flexibility index (Phi) is 234. The molecule has 120 valence electrons. The predicted molar refractivity (Wildman–Crippen MR) is 22.7 cm³/mol. The van der Waals surface area contributed by atoms with Gasteiger partial charge in [-0.25, -0.2) is 0 Å². The second-order valence-corrected chi connectivity index (χ2v) is 4.54. The van der Waals surface area contributed by atoms with Crippen LogP contribution in [-0.4, -0.2) is 19.0 Å². The number of aliphatic hydroxyl groups is 1. The van der Waals surface area contributed by atoms with Gasteiger partial charge in [0.15, 0.2) is 0 Å². The van der Waals surface area contributed by atoms with Gasteiger partial charge < -0.3 is 0 Å². The number of nitrogens with zero attached hydrogens (tertiary/aromatic N) is 2. The zero-order chi connectivity index (χ0) is 9.44. The molecule has 1 N–H and O–H groups in total. The number of rotatable bonds is 2. The summed E-state index contributed by atoms with van der Waals surface area (Å²) in [6.45, 7) is 0. The van der Waals surface area contributed by atoms with E-state index in [1.807, 2.05) is 0 Å². The molecule has 0 spiro atoms. The molecule has 0 radical (unpaired) electrons. The van der Waals surface area contributed by atoms with Crippen molar-refractivity contribution >= 4 is 13.9 Å². The van der Waals surface area contributed by atoms with Gasteiger partial charge in [-0.1, -0.05) is 0 Å². The molecule has 0 saturated heterocycles. The molecule has 0 fully saturated rings. The minimum atomic E-state index is -0.271. The maximum Gasteiger partial charge on any atom is 0 e.